The monoisotopic (exact) mass is 360 g/mol. The third-order valence-electron chi connectivity index (χ3n) is 4.13. The number of hydrogen-bond donors (Lipinski definition) is 1. The highest BCUT2D eigenvalue weighted by Crippen LogP contribution is 2.32. The van der Waals surface area contributed by atoms with E-state index in [2.05, 4.69) is 5.32 Å². The Bertz CT molecular complexity index is 680. The van der Waals surface area contributed by atoms with E-state index < -0.39 is 41.5 Å². The predicted molar refractivity (Wildman–Crippen MR) is 82.8 cm³/mol. The minimum atomic E-state index is -4.64. The van der Waals surface area contributed by atoms with Crippen LogP contribution in [0.4, 0.5) is 17.6 Å². The zero-order chi connectivity index (χ0) is 19.0. The highest BCUT2D eigenvalue weighted by Gasteiger charge is 2.39. The summed E-state index contributed by atoms with van der Waals surface area (Å²) in [6.45, 7) is 5.28. The van der Waals surface area contributed by atoms with E-state index in [1.165, 1.54) is 0 Å². The van der Waals surface area contributed by atoms with Gasteiger partial charge in [0.15, 0.2) is 0 Å². The Labute approximate surface area is 143 Å². The quantitative estimate of drug-likeness (QED) is 0.842. The van der Waals surface area contributed by atoms with Crippen molar-refractivity contribution in [3.63, 3.8) is 0 Å². The van der Waals surface area contributed by atoms with Crippen LogP contribution >= 0.6 is 0 Å². The molecule has 138 valence electrons. The zero-order valence-electron chi connectivity index (χ0n) is 14.2. The van der Waals surface area contributed by atoms with Crippen LogP contribution in [0.3, 0.4) is 0 Å². The van der Waals surface area contributed by atoms with Crippen LogP contribution in [0.5, 0.6) is 0 Å². The van der Waals surface area contributed by atoms with Gasteiger partial charge in [0.2, 0.25) is 11.8 Å². The van der Waals surface area contributed by atoms with Gasteiger partial charge >= 0.3 is 6.18 Å². The number of alkyl halides is 3. The van der Waals surface area contributed by atoms with Gasteiger partial charge in [0.25, 0.3) is 0 Å². The molecule has 1 unspecified atom stereocenters. The number of nitrogens with zero attached hydrogens (tertiary/aromatic N) is 1. The first-order valence-corrected chi connectivity index (χ1v) is 7.83. The molecular formula is C17H20F4N2O2. The Hall–Kier alpha value is -2.12. The molecule has 1 aromatic carbocycles. The number of carbonyl (C=O) groups is 2. The summed E-state index contributed by atoms with van der Waals surface area (Å²) >= 11 is 0. The second kappa shape index (κ2) is 6.65. The predicted octanol–water partition coefficient (Wildman–Crippen LogP) is 3.11. The number of halogens is 4. The lowest BCUT2D eigenvalue weighted by atomic mass is 10.0. The van der Waals surface area contributed by atoms with Crippen LogP contribution in [0.2, 0.25) is 0 Å². The highest BCUT2D eigenvalue weighted by atomic mass is 19.4. The fourth-order valence-corrected chi connectivity index (χ4v) is 2.84. The lowest BCUT2D eigenvalue weighted by Gasteiger charge is -2.31. The van der Waals surface area contributed by atoms with E-state index in [0.717, 1.165) is 12.1 Å². The van der Waals surface area contributed by atoms with Gasteiger partial charge in [-0.25, -0.2) is 4.39 Å². The molecule has 0 bridgehead atoms. The summed E-state index contributed by atoms with van der Waals surface area (Å²) in [7, 11) is 0. The molecule has 1 aliphatic rings. The van der Waals surface area contributed by atoms with Gasteiger partial charge in [0.05, 0.1) is 11.5 Å². The summed E-state index contributed by atoms with van der Waals surface area (Å²) in [6.07, 6.45) is -4.63. The van der Waals surface area contributed by atoms with Gasteiger partial charge in [0, 0.05) is 25.0 Å². The number of carbonyl (C=O) groups excluding carboxylic acids is 2. The first-order valence-electron chi connectivity index (χ1n) is 7.83. The first kappa shape index (κ1) is 19.2. The summed E-state index contributed by atoms with van der Waals surface area (Å²) in [5.41, 5.74) is -1.77. The van der Waals surface area contributed by atoms with Crippen LogP contribution in [0.1, 0.15) is 38.3 Å². The Balaban J connectivity index is 2.07. The van der Waals surface area contributed by atoms with E-state index in [1.807, 2.05) is 20.8 Å². The van der Waals surface area contributed by atoms with Gasteiger partial charge in [0.1, 0.15) is 5.82 Å². The Morgan fingerprint density at radius 3 is 2.44 bits per heavy atom. The molecule has 2 amide bonds. The molecule has 4 nitrogen and oxygen atoms in total. The molecule has 0 aliphatic carbocycles. The van der Waals surface area contributed by atoms with E-state index in [0.29, 0.717) is 6.07 Å². The van der Waals surface area contributed by atoms with Crippen LogP contribution in [-0.4, -0.2) is 28.8 Å². The number of hydrogen-bond acceptors (Lipinski definition) is 2. The molecule has 1 heterocycles. The van der Waals surface area contributed by atoms with Crippen LogP contribution in [0, 0.1) is 11.7 Å². The summed E-state index contributed by atoms with van der Waals surface area (Å²) in [5.74, 6) is -2.13. The van der Waals surface area contributed by atoms with Gasteiger partial charge in [-0.1, -0.05) is 0 Å². The number of benzene rings is 1. The van der Waals surface area contributed by atoms with Gasteiger partial charge in [-0.2, -0.15) is 13.2 Å². The maximum absolute atomic E-state index is 13.3. The van der Waals surface area contributed by atoms with Crippen molar-refractivity contribution in [2.45, 2.75) is 45.5 Å². The van der Waals surface area contributed by atoms with Crippen LogP contribution in [0.25, 0.3) is 0 Å². The summed E-state index contributed by atoms with van der Waals surface area (Å²) in [5, 5.41) is 2.39. The van der Waals surface area contributed by atoms with E-state index >= 15 is 0 Å². The van der Waals surface area contributed by atoms with Crippen molar-refractivity contribution in [1.29, 1.82) is 0 Å². The third-order valence-corrected chi connectivity index (χ3v) is 4.13. The summed E-state index contributed by atoms with van der Waals surface area (Å²) in [4.78, 5) is 25.8. The van der Waals surface area contributed by atoms with Crippen molar-refractivity contribution in [3.8, 4) is 0 Å². The van der Waals surface area contributed by atoms with Crippen LogP contribution in [0.15, 0.2) is 18.2 Å². The molecule has 2 rings (SSSR count). The number of amides is 2. The Morgan fingerprint density at radius 1 is 1.28 bits per heavy atom. The minimum Gasteiger partial charge on any atom is -0.352 e. The lowest BCUT2D eigenvalue weighted by molar-refractivity contribution is -0.138. The average molecular weight is 360 g/mol. The smallest absolute Gasteiger partial charge is 0.352 e. The highest BCUT2D eigenvalue weighted by molar-refractivity contribution is 5.89. The summed E-state index contributed by atoms with van der Waals surface area (Å²) < 4.78 is 52.1. The van der Waals surface area contributed by atoms with Gasteiger partial charge in [-0.05, 0) is 44.5 Å². The van der Waals surface area contributed by atoms with Crippen LogP contribution in [-0.2, 0) is 22.3 Å². The average Bonchev–Trinajstić information content (AvgIpc) is 2.85. The van der Waals surface area contributed by atoms with E-state index in [-0.39, 0.29) is 24.4 Å². The number of likely N-dealkylation sites (tertiary alicyclic amines) is 1. The molecule has 0 aromatic heterocycles. The molecule has 1 atom stereocenters. The van der Waals surface area contributed by atoms with Crippen molar-refractivity contribution < 1.29 is 27.2 Å². The molecule has 1 fully saturated rings. The zero-order valence-corrected chi connectivity index (χ0v) is 14.2. The van der Waals surface area contributed by atoms with Gasteiger partial charge < -0.3 is 10.2 Å². The molecule has 1 saturated heterocycles. The van der Waals surface area contributed by atoms with Crippen molar-refractivity contribution in [2.75, 3.05) is 6.54 Å². The molecule has 8 heteroatoms. The number of rotatable bonds is 3. The largest absolute Gasteiger partial charge is 0.416 e. The standard InChI is InChI=1S/C17H20F4N2O2/c1-16(2,3)23-9-11(7-14(23)24)15(25)22-8-10-6-12(18)4-5-13(10)17(19,20)21/h4-6,11H,7-9H2,1-3H3,(H,22,25). The minimum absolute atomic E-state index is 0.0123. The normalized spacial score (nSPS) is 18.6. The first-order chi connectivity index (χ1) is 11.4. The molecule has 1 N–H and O–H groups in total. The lowest BCUT2D eigenvalue weighted by Crippen LogP contribution is -2.43. The van der Waals surface area contributed by atoms with E-state index in [9.17, 15) is 27.2 Å². The molecule has 1 aromatic rings. The topological polar surface area (TPSA) is 49.4 Å². The van der Waals surface area contributed by atoms with E-state index in [4.69, 9.17) is 0 Å². The summed E-state index contributed by atoms with van der Waals surface area (Å²) in [6, 6.07) is 2.13. The van der Waals surface area contributed by atoms with E-state index in [1.54, 1.807) is 4.90 Å². The second-order valence-corrected chi connectivity index (χ2v) is 7.09. The maximum Gasteiger partial charge on any atom is 0.416 e. The second-order valence-electron chi connectivity index (χ2n) is 7.09. The fourth-order valence-electron chi connectivity index (χ4n) is 2.84. The third kappa shape index (κ3) is 4.49. The van der Waals surface area contributed by atoms with Crippen molar-refractivity contribution >= 4 is 11.8 Å². The van der Waals surface area contributed by atoms with Gasteiger partial charge in [-0.15, -0.1) is 0 Å². The number of nitrogens with one attached hydrogen (secondary N) is 1. The maximum atomic E-state index is 13.3. The molecular weight excluding hydrogens is 340 g/mol. The van der Waals surface area contributed by atoms with Crippen molar-refractivity contribution in [2.24, 2.45) is 5.92 Å². The molecule has 0 spiro atoms. The fraction of sp³-hybridized carbons (Fsp3) is 0.529. The molecule has 0 saturated carbocycles. The molecule has 0 radical (unpaired) electrons. The Morgan fingerprint density at radius 2 is 1.92 bits per heavy atom. The SMILES string of the molecule is CC(C)(C)N1CC(C(=O)NCc2cc(F)ccc2C(F)(F)F)CC1=O. The van der Waals surface area contributed by atoms with Gasteiger partial charge in [-0.3, -0.25) is 9.59 Å². The van der Waals surface area contributed by atoms with Crippen molar-refractivity contribution in [1.82, 2.24) is 10.2 Å². The van der Waals surface area contributed by atoms with Crippen LogP contribution < -0.4 is 5.32 Å². The Kier molecular flexibility index (Phi) is 5.11. The van der Waals surface area contributed by atoms with Crippen molar-refractivity contribution in [3.05, 3.63) is 35.1 Å². The molecule has 25 heavy (non-hydrogen) atoms. The molecule has 1 aliphatic heterocycles.